The summed E-state index contributed by atoms with van der Waals surface area (Å²) >= 11 is 0. The van der Waals surface area contributed by atoms with Crippen molar-refractivity contribution in [1.82, 2.24) is 0 Å². The van der Waals surface area contributed by atoms with E-state index in [1.54, 1.807) is 6.92 Å². The van der Waals surface area contributed by atoms with Crippen molar-refractivity contribution in [3.05, 3.63) is 29.6 Å². The van der Waals surface area contributed by atoms with Crippen molar-refractivity contribution in [3.8, 4) is 0 Å². The fraction of sp³-hybridized carbons (Fsp3) is 0.333. The van der Waals surface area contributed by atoms with Gasteiger partial charge in [-0.15, -0.1) is 0 Å². The van der Waals surface area contributed by atoms with E-state index in [1.807, 2.05) is 0 Å². The highest BCUT2D eigenvalue weighted by Crippen LogP contribution is 2.15. The molecule has 0 bridgehead atoms. The monoisotopic (exact) mass is 202 g/mol. The predicted octanol–water partition coefficient (Wildman–Crippen LogP) is 1.79. The minimum Gasteiger partial charge on any atom is -0.224 e. The summed E-state index contributed by atoms with van der Waals surface area (Å²) in [7, 11) is -3.22. The predicted molar refractivity (Wildman–Crippen MR) is 48.9 cm³/mol. The molecular weight excluding hydrogens is 191 g/mol. The summed E-state index contributed by atoms with van der Waals surface area (Å²) in [5, 5.41) is 0. The molecule has 0 radical (unpaired) electrons. The average molecular weight is 202 g/mol. The number of hydrogen-bond donors (Lipinski definition) is 0. The van der Waals surface area contributed by atoms with E-state index in [0.29, 0.717) is 12.0 Å². The highest BCUT2D eigenvalue weighted by Gasteiger charge is 2.09. The summed E-state index contributed by atoms with van der Waals surface area (Å²) in [4.78, 5) is 0.172. The number of sulfone groups is 1. The lowest BCUT2D eigenvalue weighted by molar-refractivity contribution is 0.597. The molecule has 0 N–H and O–H groups in total. The van der Waals surface area contributed by atoms with Gasteiger partial charge >= 0.3 is 0 Å². The van der Waals surface area contributed by atoms with Crippen LogP contribution in [-0.2, 0) is 16.3 Å². The van der Waals surface area contributed by atoms with Gasteiger partial charge in [0.2, 0.25) is 0 Å². The van der Waals surface area contributed by atoms with Crippen molar-refractivity contribution in [2.75, 3.05) is 6.26 Å². The Labute approximate surface area is 77.3 Å². The van der Waals surface area contributed by atoms with E-state index in [2.05, 4.69) is 0 Å². The minimum atomic E-state index is -3.22. The van der Waals surface area contributed by atoms with E-state index in [4.69, 9.17) is 0 Å². The fourth-order valence-corrected chi connectivity index (χ4v) is 1.72. The van der Waals surface area contributed by atoms with Crippen LogP contribution in [0, 0.1) is 5.82 Å². The Bertz CT molecular complexity index is 410. The van der Waals surface area contributed by atoms with E-state index in [9.17, 15) is 12.8 Å². The van der Waals surface area contributed by atoms with Gasteiger partial charge < -0.3 is 0 Å². The van der Waals surface area contributed by atoms with E-state index in [-0.39, 0.29) is 10.7 Å². The molecule has 13 heavy (non-hydrogen) atoms. The highest BCUT2D eigenvalue weighted by atomic mass is 32.2. The molecule has 4 heteroatoms. The summed E-state index contributed by atoms with van der Waals surface area (Å²) in [6.07, 6.45) is 1.61. The number of rotatable bonds is 2. The van der Waals surface area contributed by atoms with Crippen LogP contribution in [0.2, 0.25) is 0 Å². The van der Waals surface area contributed by atoms with Crippen LogP contribution < -0.4 is 0 Å². The van der Waals surface area contributed by atoms with Crippen molar-refractivity contribution >= 4 is 9.84 Å². The molecule has 0 aliphatic heterocycles. The van der Waals surface area contributed by atoms with Gasteiger partial charge in [0.1, 0.15) is 5.82 Å². The maximum absolute atomic E-state index is 13.0. The molecule has 0 amide bonds. The first-order chi connectivity index (χ1) is 5.95. The maximum atomic E-state index is 13.0. The van der Waals surface area contributed by atoms with Gasteiger partial charge in [0.25, 0.3) is 0 Å². The average Bonchev–Trinajstić information content (AvgIpc) is 2.03. The van der Waals surface area contributed by atoms with Gasteiger partial charge in [-0.2, -0.15) is 0 Å². The first kappa shape index (κ1) is 10.2. The Morgan fingerprint density at radius 3 is 2.46 bits per heavy atom. The standard InChI is InChI=1S/C9H11FO2S/c1-3-7-6-8(13(2,11)12)4-5-9(7)10/h4-6H,3H2,1-2H3. The molecule has 72 valence electrons. The molecule has 0 saturated heterocycles. The number of hydrogen-bond acceptors (Lipinski definition) is 2. The van der Waals surface area contributed by atoms with Gasteiger partial charge in [0.15, 0.2) is 9.84 Å². The van der Waals surface area contributed by atoms with Crippen LogP contribution in [0.1, 0.15) is 12.5 Å². The zero-order valence-corrected chi connectivity index (χ0v) is 8.36. The molecule has 0 unspecified atom stereocenters. The Hall–Kier alpha value is -0.900. The lowest BCUT2D eigenvalue weighted by Crippen LogP contribution is -1.99. The summed E-state index contributed by atoms with van der Waals surface area (Å²) in [5.74, 6) is -0.352. The molecule has 0 aliphatic rings. The number of benzene rings is 1. The summed E-state index contributed by atoms with van der Waals surface area (Å²) in [5.41, 5.74) is 0.433. The lowest BCUT2D eigenvalue weighted by atomic mass is 10.2. The summed E-state index contributed by atoms with van der Waals surface area (Å²) in [6, 6.07) is 3.85. The largest absolute Gasteiger partial charge is 0.224 e. The molecule has 1 aromatic carbocycles. The number of halogens is 1. The third kappa shape index (κ3) is 2.28. The molecule has 0 spiro atoms. The van der Waals surface area contributed by atoms with Crippen molar-refractivity contribution in [2.45, 2.75) is 18.2 Å². The molecule has 0 aromatic heterocycles. The normalized spacial score (nSPS) is 11.6. The van der Waals surface area contributed by atoms with Gasteiger partial charge in [-0.3, -0.25) is 0 Å². The van der Waals surface area contributed by atoms with E-state index in [1.165, 1.54) is 18.2 Å². The summed E-state index contributed by atoms with van der Waals surface area (Å²) in [6.45, 7) is 1.78. The van der Waals surface area contributed by atoms with Crippen LogP contribution in [0.15, 0.2) is 23.1 Å². The second kappa shape index (κ2) is 3.46. The maximum Gasteiger partial charge on any atom is 0.175 e. The van der Waals surface area contributed by atoms with Gasteiger partial charge in [-0.05, 0) is 30.2 Å². The zero-order valence-electron chi connectivity index (χ0n) is 7.54. The second-order valence-corrected chi connectivity index (χ2v) is 4.89. The highest BCUT2D eigenvalue weighted by molar-refractivity contribution is 7.90. The Kier molecular flexibility index (Phi) is 2.71. The smallest absolute Gasteiger partial charge is 0.175 e. The Morgan fingerprint density at radius 1 is 1.38 bits per heavy atom. The first-order valence-corrected chi connectivity index (χ1v) is 5.82. The second-order valence-electron chi connectivity index (χ2n) is 2.88. The Balaban J connectivity index is 3.30. The number of aryl methyl sites for hydroxylation is 1. The van der Waals surface area contributed by atoms with Crippen LogP contribution in [-0.4, -0.2) is 14.7 Å². The van der Waals surface area contributed by atoms with E-state index >= 15 is 0 Å². The fourth-order valence-electron chi connectivity index (χ4n) is 1.05. The Morgan fingerprint density at radius 2 is 2.00 bits per heavy atom. The molecule has 0 aliphatic carbocycles. The lowest BCUT2D eigenvalue weighted by Gasteiger charge is -2.02. The zero-order chi connectivity index (χ0) is 10.1. The van der Waals surface area contributed by atoms with Crippen molar-refractivity contribution in [1.29, 1.82) is 0 Å². The molecule has 0 saturated carbocycles. The SMILES string of the molecule is CCc1cc(S(C)(=O)=O)ccc1F. The molecule has 2 nitrogen and oxygen atoms in total. The summed E-state index contributed by atoms with van der Waals surface area (Å²) < 4.78 is 35.1. The molecular formula is C9H11FO2S. The van der Waals surface area contributed by atoms with E-state index in [0.717, 1.165) is 6.26 Å². The quantitative estimate of drug-likeness (QED) is 0.685. The van der Waals surface area contributed by atoms with Gasteiger partial charge in [-0.1, -0.05) is 6.92 Å². The van der Waals surface area contributed by atoms with Crippen LogP contribution in [0.3, 0.4) is 0 Å². The van der Waals surface area contributed by atoms with Gasteiger partial charge in [-0.25, -0.2) is 12.8 Å². The third-order valence-corrected chi connectivity index (χ3v) is 2.94. The topological polar surface area (TPSA) is 34.1 Å². The molecule has 0 heterocycles. The molecule has 1 rings (SSSR count). The molecule has 0 atom stereocenters. The third-order valence-electron chi connectivity index (χ3n) is 1.83. The molecule has 1 aromatic rings. The van der Waals surface area contributed by atoms with Crippen molar-refractivity contribution in [2.24, 2.45) is 0 Å². The van der Waals surface area contributed by atoms with Crippen molar-refractivity contribution in [3.63, 3.8) is 0 Å². The van der Waals surface area contributed by atoms with E-state index < -0.39 is 9.84 Å². The minimum absolute atomic E-state index is 0.172. The first-order valence-electron chi connectivity index (χ1n) is 3.93. The van der Waals surface area contributed by atoms with Crippen molar-refractivity contribution < 1.29 is 12.8 Å². The van der Waals surface area contributed by atoms with Crippen LogP contribution in [0.5, 0.6) is 0 Å². The van der Waals surface area contributed by atoms with Gasteiger partial charge in [0, 0.05) is 6.26 Å². The van der Waals surface area contributed by atoms with Crippen LogP contribution >= 0.6 is 0 Å². The van der Waals surface area contributed by atoms with Crippen LogP contribution in [0.4, 0.5) is 4.39 Å². The van der Waals surface area contributed by atoms with Gasteiger partial charge in [0.05, 0.1) is 4.90 Å². The van der Waals surface area contributed by atoms with Crippen LogP contribution in [0.25, 0.3) is 0 Å². The molecule has 0 fully saturated rings.